The number of quaternary nitrogens is 1. The molecule has 0 bridgehead atoms. The van der Waals surface area contributed by atoms with Gasteiger partial charge >= 0.3 is 24.8 Å². The summed E-state index contributed by atoms with van der Waals surface area (Å²) in [6.07, 6.45) is 5.73. The molecule has 24 heavy (non-hydrogen) atoms. The molecular formula is C15H26LiN2O6+. The number of unbranched alkanes of at least 4 members (excludes halogenated alkanes) is 1. The van der Waals surface area contributed by atoms with Gasteiger partial charge in [0.05, 0.1) is 25.7 Å². The standard InChI is InChI=1S/C15H26N2O6.Li/c1-2-3-4-5-6-13(19)16-7-8-17(9-10-18,11-14(20)21)12-15(22)23;/h2-3,18H,4-12H2,1H3,(H2-,16,19,20,21,22,23);/q;+1/b3-2+;. The van der Waals surface area contributed by atoms with Crippen LogP contribution in [0.15, 0.2) is 12.2 Å². The minimum Gasteiger partial charge on any atom is -0.544 e. The van der Waals surface area contributed by atoms with E-state index in [1.807, 2.05) is 19.1 Å². The maximum absolute atomic E-state index is 11.7. The second-order valence-corrected chi connectivity index (χ2v) is 5.41. The molecule has 0 aliphatic heterocycles. The maximum Gasteiger partial charge on any atom is 1.00 e. The Labute approximate surface area is 154 Å². The molecule has 0 heterocycles. The van der Waals surface area contributed by atoms with Gasteiger partial charge in [0, 0.05) is 6.42 Å². The van der Waals surface area contributed by atoms with Crippen LogP contribution in [0.1, 0.15) is 26.2 Å². The zero-order valence-corrected chi connectivity index (χ0v) is 14.5. The van der Waals surface area contributed by atoms with Crippen LogP contribution in [0.2, 0.25) is 0 Å². The molecule has 3 N–H and O–H groups in total. The van der Waals surface area contributed by atoms with Crippen molar-refractivity contribution in [3.63, 3.8) is 0 Å². The first-order valence-corrected chi connectivity index (χ1v) is 7.60. The molecule has 0 aliphatic rings. The van der Waals surface area contributed by atoms with E-state index in [0.29, 0.717) is 12.8 Å². The van der Waals surface area contributed by atoms with E-state index < -0.39 is 25.0 Å². The molecule has 0 rings (SSSR count). The number of carboxylic acids is 2. The zero-order chi connectivity index (χ0) is 17.7. The van der Waals surface area contributed by atoms with E-state index >= 15 is 0 Å². The van der Waals surface area contributed by atoms with Crippen molar-refractivity contribution in [2.75, 3.05) is 39.3 Å². The Kier molecular flexibility index (Phi) is 14.6. The van der Waals surface area contributed by atoms with Crippen LogP contribution in [0.3, 0.4) is 0 Å². The summed E-state index contributed by atoms with van der Waals surface area (Å²) in [5.74, 6) is -2.73. The molecule has 0 aliphatic carbocycles. The number of amides is 1. The molecule has 0 saturated heterocycles. The molecule has 1 atom stereocenters. The fourth-order valence-electron chi connectivity index (χ4n) is 2.32. The Morgan fingerprint density at radius 2 is 1.88 bits per heavy atom. The smallest absolute Gasteiger partial charge is 0.544 e. The average Bonchev–Trinajstić information content (AvgIpc) is 2.42. The summed E-state index contributed by atoms with van der Waals surface area (Å²) >= 11 is 0. The fraction of sp³-hybridized carbons (Fsp3) is 0.667. The number of carboxylic acid groups (broad SMARTS) is 2. The first-order chi connectivity index (χ1) is 10.8. The van der Waals surface area contributed by atoms with Crippen LogP contribution in [0.4, 0.5) is 0 Å². The van der Waals surface area contributed by atoms with Gasteiger partial charge in [-0.05, 0) is 19.8 Å². The minimum atomic E-state index is -1.39. The molecule has 0 aromatic rings. The topological polar surface area (TPSA) is 127 Å². The zero-order valence-electron chi connectivity index (χ0n) is 14.5. The predicted molar refractivity (Wildman–Crippen MR) is 81.1 cm³/mol. The molecule has 8 nitrogen and oxygen atoms in total. The number of aliphatic hydroxyl groups is 1. The molecule has 0 radical (unpaired) electrons. The molecule has 1 amide bonds. The Bertz CT molecular complexity index is 412. The summed E-state index contributed by atoms with van der Waals surface area (Å²) in [5, 5.41) is 31.6. The summed E-state index contributed by atoms with van der Waals surface area (Å²) in [6, 6.07) is 0. The van der Waals surface area contributed by atoms with E-state index in [2.05, 4.69) is 5.32 Å². The van der Waals surface area contributed by atoms with Gasteiger partial charge < -0.3 is 29.9 Å². The van der Waals surface area contributed by atoms with Gasteiger partial charge in [0.15, 0.2) is 6.54 Å². The van der Waals surface area contributed by atoms with E-state index in [9.17, 15) is 19.5 Å². The molecule has 1 unspecified atom stereocenters. The largest absolute Gasteiger partial charge is 1.00 e. The van der Waals surface area contributed by atoms with E-state index in [0.717, 1.165) is 6.42 Å². The molecule has 0 saturated carbocycles. The van der Waals surface area contributed by atoms with Crippen molar-refractivity contribution in [1.29, 1.82) is 0 Å². The van der Waals surface area contributed by atoms with Gasteiger partial charge in [-0.15, -0.1) is 0 Å². The first-order valence-electron chi connectivity index (χ1n) is 7.60. The van der Waals surface area contributed by atoms with E-state index in [1.165, 1.54) is 0 Å². The fourth-order valence-corrected chi connectivity index (χ4v) is 2.32. The SMILES string of the molecule is C/C=C/CCCC(=O)NCC[N+](CCO)(CC(=O)[O-])CC(=O)O.[Li+]. The van der Waals surface area contributed by atoms with E-state index in [4.69, 9.17) is 10.2 Å². The summed E-state index contributed by atoms with van der Waals surface area (Å²) in [4.78, 5) is 33.5. The number of carbonyl (C=O) groups is 3. The second-order valence-electron chi connectivity index (χ2n) is 5.41. The number of nitrogens with zero attached hydrogens (tertiary/aromatic N) is 1. The van der Waals surface area contributed by atoms with Crippen LogP contribution >= 0.6 is 0 Å². The molecule has 0 fully saturated rings. The van der Waals surface area contributed by atoms with Crippen molar-refractivity contribution in [3.05, 3.63) is 12.2 Å². The van der Waals surface area contributed by atoms with Gasteiger partial charge in [0.25, 0.3) is 0 Å². The molecular weight excluding hydrogens is 311 g/mol. The molecule has 0 aromatic heterocycles. The second kappa shape index (κ2) is 14.0. The van der Waals surface area contributed by atoms with Crippen molar-refractivity contribution in [1.82, 2.24) is 5.32 Å². The van der Waals surface area contributed by atoms with Crippen LogP contribution in [0.5, 0.6) is 0 Å². The van der Waals surface area contributed by atoms with Gasteiger partial charge in [-0.1, -0.05) is 12.2 Å². The predicted octanol–water partition coefficient (Wildman–Crippen LogP) is -4.50. The van der Waals surface area contributed by atoms with Crippen LogP contribution in [-0.2, 0) is 14.4 Å². The number of rotatable bonds is 13. The van der Waals surface area contributed by atoms with E-state index in [1.54, 1.807) is 0 Å². The van der Waals surface area contributed by atoms with Crippen molar-refractivity contribution in [2.24, 2.45) is 0 Å². The molecule has 0 spiro atoms. The number of aliphatic hydroxyl groups excluding tert-OH is 1. The number of carbonyl (C=O) groups excluding carboxylic acids is 2. The summed E-state index contributed by atoms with van der Waals surface area (Å²) in [6.45, 7) is 0.786. The van der Waals surface area contributed by atoms with Gasteiger partial charge in [-0.25, -0.2) is 4.79 Å². The molecule has 132 valence electrons. The van der Waals surface area contributed by atoms with Crippen molar-refractivity contribution >= 4 is 17.8 Å². The van der Waals surface area contributed by atoms with Gasteiger partial charge in [0.1, 0.15) is 13.1 Å². The summed E-state index contributed by atoms with van der Waals surface area (Å²) < 4.78 is -0.368. The monoisotopic (exact) mass is 337 g/mol. The average molecular weight is 337 g/mol. The number of aliphatic carboxylic acids is 2. The Hall–Kier alpha value is -1.33. The van der Waals surface area contributed by atoms with Gasteiger partial charge in [-0.2, -0.15) is 0 Å². The number of nitrogens with one attached hydrogen (secondary N) is 1. The van der Waals surface area contributed by atoms with Crippen molar-refractivity contribution in [2.45, 2.75) is 26.2 Å². The van der Waals surface area contributed by atoms with Crippen LogP contribution < -0.4 is 29.3 Å². The summed E-state index contributed by atoms with van der Waals surface area (Å²) in [7, 11) is 0. The number of hydrogen-bond donors (Lipinski definition) is 3. The quantitative estimate of drug-likeness (QED) is 0.135. The van der Waals surface area contributed by atoms with Crippen molar-refractivity contribution < 1.29 is 53.0 Å². The number of allylic oxidation sites excluding steroid dienone is 2. The number of hydrogen-bond acceptors (Lipinski definition) is 5. The Morgan fingerprint density at radius 1 is 1.21 bits per heavy atom. The first kappa shape index (κ1) is 24.9. The third-order valence-corrected chi connectivity index (χ3v) is 3.43. The van der Waals surface area contributed by atoms with Crippen molar-refractivity contribution in [3.8, 4) is 0 Å². The van der Waals surface area contributed by atoms with Gasteiger partial charge in [-0.3, -0.25) is 4.79 Å². The minimum absolute atomic E-state index is 0. The third-order valence-electron chi connectivity index (χ3n) is 3.43. The maximum atomic E-state index is 11.7. The molecule has 0 aromatic carbocycles. The Balaban J connectivity index is 0. The third kappa shape index (κ3) is 12.1. The van der Waals surface area contributed by atoms with Crippen LogP contribution in [0, 0.1) is 0 Å². The van der Waals surface area contributed by atoms with Gasteiger partial charge in [0.2, 0.25) is 5.91 Å². The normalized spacial score (nSPS) is 13.1. The van der Waals surface area contributed by atoms with Crippen LogP contribution in [-0.4, -0.2) is 71.9 Å². The molecule has 9 heteroatoms. The van der Waals surface area contributed by atoms with E-state index in [-0.39, 0.29) is 55.5 Å². The summed E-state index contributed by atoms with van der Waals surface area (Å²) in [5.41, 5.74) is 0. The Morgan fingerprint density at radius 3 is 2.38 bits per heavy atom. The van der Waals surface area contributed by atoms with Crippen LogP contribution in [0.25, 0.3) is 0 Å².